The van der Waals surface area contributed by atoms with Crippen LogP contribution in [0, 0.1) is 11.3 Å². The van der Waals surface area contributed by atoms with Gasteiger partial charge in [0, 0.05) is 0 Å². The molecule has 0 radical (unpaired) electrons. The van der Waals surface area contributed by atoms with E-state index in [-0.39, 0.29) is 17.5 Å². The number of benzene rings is 2. The second-order valence-corrected chi connectivity index (χ2v) is 5.05. The number of hydrogen-bond acceptors (Lipinski definition) is 3. The van der Waals surface area contributed by atoms with Gasteiger partial charge >= 0.3 is 0 Å². The van der Waals surface area contributed by atoms with Crippen molar-refractivity contribution >= 4 is 12.0 Å². The number of hydrogen-bond donors (Lipinski definition) is 1. The molecular weight excluding hydrogens is 288 g/mol. The predicted molar refractivity (Wildman–Crippen MR) is 89.6 cm³/mol. The minimum atomic E-state index is -0.389. The molecular formula is C19H18N2O2. The Morgan fingerprint density at radius 3 is 2.39 bits per heavy atom. The first-order valence-corrected chi connectivity index (χ1v) is 7.25. The van der Waals surface area contributed by atoms with Gasteiger partial charge in [-0.1, -0.05) is 42.5 Å². The molecule has 1 N–H and O–H groups in total. The van der Waals surface area contributed by atoms with Crippen molar-refractivity contribution in [3.8, 4) is 11.8 Å². The number of nitrogens with one attached hydrogen (secondary N) is 1. The molecule has 0 unspecified atom stereocenters. The zero-order valence-electron chi connectivity index (χ0n) is 13.1. The zero-order valence-corrected chi connectivity index (χ0v) is 13.1. The number of carbonyl (C=O) groups is 1. The number of nitriles is 1. The van der Waals surface area contributed by atoms with Crippen molar-refractivity contribution in [2.45, 2.75) is 13.0 Å². The quantitative estimate of drug-likeness (QED) is 0.679. The van der Waals surface area contributed by atoms with Crippen LogP contribution in [0.15, 0.2) is 60.2 Å². The van der Waals surface area contributed by atoms with E-state index in [1.807, 2.05) is 43.3 Å². The SMILES string of the molecule is COc1ccc(/C=C(\C#N)C(=O)N[C@H](C)c2ccccc2)cc1. The highest BCUT2D eigenvalue weighted by Gasteiger charge is 2.13. The Hall–Kier alpha value is -3.06. The van der Waals surface area contributed by atoms with Gasteiger partial charge < -0.3 is 10.1 Å². The Kier molecular flexibility index (Phi) is 5.54. The summed E-state index contributed by atoms with van der Waals surface area (Å²) in [7, 11) is 1.59. The van der Waals surface area contributed by atoms with Gasteiger partial charge in [0.1, 0.15) is 17.4 Å². The highest BCUT2D eigenvalue weighted by molar-refractivity contribution is 6.01. The molecule has 2 rings (SSSR count). The van der Waals surface area contributed by atoms with Gasteiger partial charge in [-0.05, 0) is 36.3 Å². The van der Waals surface area contributed by atoms with Crippen LogP contribution in [-0.4, -0.2) is 13.0 Å². The maximum absolute atomic E-state index is 12.3. The number of carbonyl (C=O) groups excluding carboxylic acids is 1. The molecule has 0 saturated carbocycles. The molecule has 1 amide bonds. The molecule has 0 aliphatic heterocycles. The lowest BCUT2D eigenvalue weighted by Crippen LogP contribution is -2.27. The number of rotatable bonds is 5. The highest BCUT2D eigenvalue weighted by atomic mass is 16.5. The van der Waals surface area contributed by atoms with Crippen molar-refractivity contribution in [1.29, 1.82) is 5.26 Å². The molecule has 2 aromatic rings. The van der Waals surface area contributed by atoms with Crippen molar-refractivity contribution in [1.82, 2.24) is 5.32 Å². The lowest BCUT2D eigenvalue weighted by Gasteiger charge is -2.13. The van der Waals surface area contributed by atoms with E-state index < -0.39 is 0 Å². The maximum atomic E-state index is 12.3. The normalized spacial score (nSPS) is 12.1. The van der Waals surface area contributed by atoms with Gasteiger partial charge in [0.2, 0.25) is 0 Å². The monoisotopic (exact) mass is 306 g/mol. The Morgan fingerprint density at radius 2 is 1.83 bits per heavy atom. The van der Waals surface area contributed by atoms with E-state index in [9.17, 15) is 10.1 Å². The summed E-state index contributed by atoms with van der Waals surface area (Å²) >= 11 is 0. The molecule has 0 aliphatic carbocycles. The van der Waals surface area contributed by atoms with Crippen molar-refractivity contribution in [3.63, 3.8) is 0 Å². The predicted octanol–water partition coefficient (Wildman–Crippen LogP) is 3.48. The van der Waals surface area contributed by atoms with Crippen LogP contribution < -0.4 is 10.1 Å². The third-order valence-electron chi connectivity index (χ3n) is 3.44. The zero-order chi connectivity index (χ0) is 16.7. The Bertz CT molecular complexity index is 728. The first-order chi connectivity index (χ1) is 11.1. The maximum Gasteiger partial charge on any atom is 0.262 e. The molecule has 0 bridgehead atoms. The highest BCUT2D eigenvalue weighted by Crippen LogP contribution is 2.15. The molecule has 23 heavy (non-hydrogen) atoms. The number of nitrogens with zero attached hydrogens (tertiary/aromatic N) is 1. The third-order valence-corrected chi connectivity index (χ3v) is 3.44. The Morgan fingerprint density at radius 1 is 1.17 bits per heavy atom. The smallest absolute Gasteiger partial charge is 0.262 e. The molecule has 116 valence electrons. The Labute approximate surface area is 136 Å². The van der Waals surface area contributed by atoms with Crippen molar-refractivity contribution in [3.05, 3.63) is 71.3 Å². The summed E-state index contributed by atoms with van der Waals surface area (Å²) in [5.74, 6) is 0.336. The standard InChI is InChI=1S/C19H18N2O2/c1-14(16-6-4-3-5-7-16)21-19(22)17(13-20)12-15-8-10-18(23-2)11-9-15/h3-12,14H,1-2H3,(H,21,22)/b17-12+/t14-/m1/s1. The van der Waals surface area contributed by atoms with Gasteiger partial charge in [0.15, 0.2) is 0 Å². The molecule has 0 heterocycles. The molecule has 0 saturated heterocycles. The summed E-state index contributed by atoms with van der Waals surface area (Å²) in [6.45, 7) is 1.88. The van der Waals surface area contributed by atoms with E-state index in [0.29, 0.717) is 0 Å². The minimum Gasteiger partial charge on any atom is -0.497 e. The van der Waals surface area contributed by atoms with E-state index in [0.717, 1.165) is 16.9 Å². The van der Waals surface area contributed by atoms with Gasteiger partial charge in [-0.3, -0.25) is 4.79 Å². The van der Waals surface area contributed by atoms with Crippen molar-refractivity contribution in [2.75, 3.05) is 7.11 Å². The molecule has 1 atom stereocenters. The van der Waals surface area contributed by atoms with Crippen LogP contribution in [0.5, 0.6) is 5.75 Å². The van der Waals surface area contributed by atoms with Crippen molar-refractivity contribution in [2.24, 2.45) is 0 Å². The summed E-state index contributed by atoms with van der Waals surface area (Å²) in [5.41, 5.74) is 1.82. The van der Waals surface area contributed by atoms with E-state index in [4.69, 9.17) is 4.74 Å². The number of methoxy groups -OCH3 is 1. The van der Waals surface area contributed by atoms with Gasteiger partial charge in [-0.15, -0.1) is 0 Å². The lowest BCUT2D eigenvalue weighted by atomic mass is 10.1. The summed E-state index contributed by atoms with van der Waals surface area (Å²) < 4.78 is 5.08. The average Bonchev–Trinajstić information content (AvgIpc) is 2.60. The average molecular weight is 306 g/mol. The fourth-order valence-electron chi connectivity index (χ4n) is 2.11. The van der Waals surface area contributed by atoms with Crippen LogP contribution in [0.25, 0.3) is 6.08 Å². The van der Waals surface area contributed by atoms with Gasteiger partial charge in [-0.25, -0.2) is 0 Å². The van der Waals surface area contributed by atoms with Gasteiger partial charge in [-0.2, -0.15) is 5.26 Å². The fourth-order valence-corrected chi connectivity index (χ4v) is 2.11. The summed E-state index contributed by atoms with van der Waals surface area (Å²) in [6.07, 6.45) is 1.56. The Balaban J connectivity index is 2.11. The molecule has 2 aromatic carbocycles. The van der Waals surface area contributed by atoms with E-state index in [1.165, 1.54) is 0 Å². The van der Waals surface area contributed by atoms with Crippen LogP contribution in [0.2, 0.25) is 0 Å². The minimum absolute atomic E-state index is 0.0675. The second-order valence-electron chi connectivity index (χ2n) is 5.05. The molecule has 4 nitrogen and oxygen atoms in total. The number of ether oxygens (including phenoxy) is 1. The summed E-state index contributed by atoms with van der Waals surface area (Å²) in [6, 6.07) is 18.6. The number of amides is 1. The second kappa shape index (κ2) is 7.81. The van der Waals surface area contributed by atoms with Gasteiger partial charge in [0.25, 0.3) is 5.91 Å². The van der Waals surface area contributed by atoms with E-state index in [1.54, 1.807) is 37.5 Å². The summed E-state index contributed by atoms with van der Waals surface area (Å²) in [4.78, 5) is 12.3. The molecule has 0 aromatic heterocycles. The topological polar surface area (TPSA) is 62.1 Å². The first kappa shape index (κ1) is 16.3. The molecule has 4 heteroatoms. The van der Waals surface area contributed by atoms with Crippen molar-refractivity contribution < 1.29 is 9.53 Å². The molecule has 0 fully saturated rings. The lowest BCUT2D eigenvalue weighted by molar-refractivity contribution is -0.117. The van der Waals surface area contributed by atoms with Crippen LogP contribution in [0.3, 0.4) is 0 Å². The van der Waals surface area contributed by atoms with E-state index in [2.05, 4.69) is 5.32 Å². The van der Waals surface area contributed by atoms with Crippen LogP contribution in [0.4, 0.5) is 0 Å². The third kappa shape index (κ3) is 4.45. The first-order valence-electron chi connectivity index (χ1n) is 7.25. The molecule has 0 aliphatic rings. The fraction of sp³-hybridized carbons (Fsp3) is 0.158. The van der Waals surface area contributed by atoms with Gasteiger partial charge in [0.05, 0.1) is 13.2 Å². The largest absolute Gasteiger partial charge is 0.497 e. The van der Waals surface area contributed by atoms with Crippen LogP contribution in [-0.2, 0) is 4.79 Å². The summed E-state index contributed by atoms with van der Waals surface area (Å²) in [5, 5.41) is 12.1. The van der Waals surface area contributed by atoms with Crippen LogP contribution in [0.1, 0.15) is 24.1 Å². The van der Waals surface area contributed by atoms with E-state index >= 15 is 0 Å². The molecule has 0 spiro atoms. The van der Waals surface area contributed by atoms with Crippen LogP contribution >= 0.6 is 0 Å².